The zero-order valence-electron chi connectivity index (χ0n) is 9.84. The van der Waals surface area contributed by atoms with Gasteiger partial charge in [0, 0.05) is 19.1 Å². The van der Waals surface area contributed by atoms with Gasteiger partial charge in [0.05, 0.1) is 7.11 Å². The molecule has 5 nitrogen and oxygen atoms in total. The molecule has 17 heavy (non-hydrogen) atoms. The zero-order chi connectivity index (χ0) is 12.9. The molecule has 0 spiro atoms. The van der Waals surface area contributed by atoms with E-state index in [1.165, 1.54) is 14.0 Å². The Balaban J connectivity index is 2.89. The van der Waals surface area contributed by atoms with Crippen molar-refractivity contribution in [3.05, 3.63) is 24.3 Å². The third kappa shape index (κ3) is 3.35. The molecule has 0 aliphatic rings. The second-order valence-corrected chi connectivity index (χ2v) is 3.79. The Morgan fingerprint density at radius 3 is 2.59 bits per heavy atom. The lowest BCUT2D eigenvalue weighted by Crippen LogP contribution is -2.42. The summed E-state index contributed by atoms with van der Waals surface area (Å²) in [5.74, 6) is -0.142. The number of carbonyl (C=O) groups is 1. The van der Waals surface area contributed by atoms with Gasteiger partial charge in [0.15, 0.2) is 0 Å². The molecule has 1 unspecified atom stereocenters. The first-order valence-corrected chi connectivity index (χ1v) is 5.19. The Morgan fingerprint density at radius 1 is 1.41 bits per heavy atom. The molecule has 0 amide bonds. The maximum atomic E-state index is 11.1. The molecule has 0 saturated heterocycles. The van der Waals surface area contributed by atoms with E-state index in [-0.39, 0.29) is 13.0 Å². The molecule has 1 aromatic carbocycles. The minimum atomic E-state index is -1.44. The van der Waals surface area contributed by atoms with Crippen molar-refractivity contribution in [1.29, 1.82) is 0 Å². The summed E-state index contributed by atoms with van der Waals surface area (Å²) >= 11 is 0. The molecule has 0 aliphatic carbocycles. The van der Waals surface area contributed by atoms with E-state index in [1.54, 1.807) is 24.3 Å². The minimum absolute atomic E-state index is 0.0134. The number of carboxylic acid groups (broad SMARTS) is 1. The highest BCUT2D eigenvalue weighted by Crippen LogP contribution is 2.25. The monoisotopic (exact) mass is 240 g/mol. The van der Waals surface area contributed by atoms with E-state index in [4.69, 9.17) is 19.7 Å². The van der Waals surface area contributed by atoms with Gasteiger partial charge < -0.3 is 19.7 Å². The van der Waals surface area contributed by atoms with E-state index in [0.717, 1.165) is 0 Å². The van der Waals surface area contributed by atoms with Crippen molar-refractivity contribution < 1.29 is 24.5 Å². The summed E-state index contributed by atoms with van der Waals surface area (Å²) in [5, 5.41) is 17.9. The SMILES string of the molecule is COc1cccc(OC(C)(CCO)C(=O)O)c1. The first-order valence-electron chi connectivity index (χ1n) is 5.19. The summed E-state index contributed by atoms with van der Waals surface area (Å²) in [4.78, 5) is 11.1. The topological polar surface area (TPSA) is 76.0 Å². The fourth-order valence-corrected chi connectivity index (χ4v) is 1.34. The second-order valence-electron chi connectivity index (χ2n) is 3.79. The molecule has 0 aliphatic heterocycles. The van der Waals surface area contributed by atoms with E-state index in [2.05, 4.69) is 0 Å². The van der Waals surface area contributed by atoms with Crippen molar-refractivity contribution in [2.75, 3.05) is 13.7 Å². The van der Waals surface area contributed by atoms with Crippen molar-refractivity contribution in [3.63, 3.8) is 0 Å². The number of aliphatic carboxylic acids is 1. The van der Waals surface area contributed by atoms with Crippen LogP contribution in [-0.4, -0.2) is 35.5 Å². The third-order valence-electron chi connectivity index (χ3n) is 2.43. The van der Waals surface area contributed by atoms with Gasteiger partial charge in [-0.25, -0.2) is 4.79 Å². The molecule has 94 valence electrons. The van der Waals surface area contributed by atoms with Crippen LogP contribution < -0.4 is 9.47 Å². The van der Waals surface area contributed by atoms with Crippen molar-refractivity contribution in [3.8, 4) is 11.5 Å². The highest BCUT2D eigenvalue weighted by molar-refractivity contribution is 5.77. The van der Waals surface area contributed by atoms with Crippen molar-refractivity contribution >= 4 is 5.97 Å². The molecular formula is C12H16O5. The summed E-state index contributed by atoms with van der Waals surface area (Å²) in [7, 11) is 1.52. The van der Waals surface area contributed by atoms with E-state index in [9.17, 15) is 4.79 Å². The first-order chi connectivity index (χ1) is 8.01. The number of carboxylic acids is 1. The van der Waals surface area contributed by atoms with Crippen LogP contribution in [0, 0.1) is 0 Å². The highest BCUT2D eigenvalue weighted by Gasteiger charge is 2.35. The number of aliphatic hydroxyl groups excluding tert-OH is 1. The number of ether oxygens (including phenoxy) is 2. The lowest BCUT2D eigenvalue weighted by molar-refractivity contribution is -0.155. The summed E-state index contributed by atoms with van der Waals surface area (Å²) in [5.41, 5.74) is -1.44. The quantitative estimate of drug-likeness (QED) is 0.783. The molecule has 0 radical (unpaired) electrons. The van der Waals surface area contributed by atoms with Crippen LogP contribution in [0.2, 0.25) is 0 Å². The third-order valence-corrected chi connectivity index (χ3v) is 2.43. The second kappa shape index (κ2) is 5.54. The van der Waals surface area contributed by atoms with Crippen molar-refractivity contribution in [1.82, 2.24) is 0 Å². The van der Waals surface area contributed by atoms with Gasteiger partial charge in [0.2, 0.25) is 5.60 Å². The van der Waals surface area contributed by atoms with E-state index < -0.39 is 11.6 Å². The van der Waals surface area contributed by atoms with Crippen molar-refractivity contribution in [2.24, 2.45) is 0 Å². The van der Waals surface area contributed by atoms with Gasteiger partial charge in [-0.1, -0.05) is 6.07 Å². The van der Waals surface area contributed by atoms with Gasteiger partial charge in [-0.2, -0.15) is 0 Å². The molecule has 0 aromatic heterocycles. The number of hydrogen-bond acceptors (Lipinski definition) is 4. The standard InChI is InChI=1S/C12H16O5/c1-12(6-7-13,11(14)15)17-10-5-3-4-9(8-10)16-2/h3-5,8,13H,6-7H2,1-2H3,(H,14,15). The summed E-state index contributed by atoms with van der Waals surface area (Å²) < 4.78 is 10.4. The lowest BCUT2D eigenvalue weighted by Gasteiger charge is -2.25. The molecule has 0 saturated carbocycles. The maximum absolute atomic E-state index is 11.1. The molecule has 0 bridgehead atoms. The largest absolute Gasteiger partial charge is 0.497 e. The molecular weight excluding hydrogens is 224 g/mol. The van der Waals surface area contributed by atoms with Gasteiger partial charge in [-0.3, -0.25) is 0 Å². The Kier molecular flexibility index (Phi) is 4.34. The fourth-order valence-electron chi connectivity index (χ4n) is 1.34. The molecule has 2 N–H and O–H groups in total. The maximum Gasteiger partial charge on any atom is 0.347 e. The van der Waals surface area contributed by atoms with Gasteiger partial charge in [-0.05, 0) is 19.1 Å². The lowest BCUT2D eigenvalue weighted by atomic mass is 10.0. The molecule has 5 heteroatoms. The number of rotatable bonds is 6. The molecule has 1 atom stereocenters. The predicted octanol–water partition coefficient (Wildman–Crippen LogP) is 1.30. The molecule has 0 heterocycles. The van der Waals surface area contributed by atoms with Gasteiger partial charge >= 0.3 is 5.97 Å². The Bertz CT molecular complexity index is 390. The molecule has 1 aromatic rings. The van der Waals surface area contributed by atoms with E-state index in [1.807, 2.05) is 0 Å². The predicted molar refractivity (Wildman–Crippen MR) is 61.4 cm³/mol. The summed E-state index contributed by atoms with van der Waals surface area (Å²) in [6.07, 6.45) is 0.0134. The smallest absolute Gasteiger partial charge is 0.347 e. The van der Waals surface area contributed by atoms with Crippen LogP contribution in [0.3, 0.4) is 0 Å². The highest BCUT2D eigenvalue weighted by atomic mass is 16.5. The number of methoxy groups -OCH3 is 1. The van der Waals surface area contributed by atoms with Gasteiger partial charge in [-0.15, -0.1) is 0 Å². The Labute approximate surface area is 99.6 Å². The summed E-state index contributed by atoms with van der Waals surface area (Å²) in [6, 6.07) is 6.67. The van der Waals surface area contributed by atoms with Crippen molar-refractivity contribution in [2.45, 2.75) is 18.9 Å². The van der Waals surface area contributed by atoms with Gasteiger partial charge in [0.1, 0.15) is 11.5 Å². The average molecular weight is 240 g/mol. The Morgan fingerprint density at radius 2 is 2.06 bits per heavy atom. The van der Waals surface area contributed by atoms with Crippen LogP contribution >= 0.6 is 0 Å². The number of aliphatic hydroxyl groups is 1. The minimum Gasteiger partial charge on any atom is -0.497 e. The van der Waals surface area contributed by atoms with E-state index in [0.29, 0.717) is 11.5 Å². The van der Waals surface area contributed by atoms with Crippen LogP contribution in [0.15, 0.2) is 24.3 Å². The van der Waals surface area contributed by atoms with Crippen LogP contribution in [0.5, 0.6) is 11.5 Å². The fraction of sp³-hybridized carbons (Fsp3) is 0.417. The van der Waals surface area contributed by atoms with Crippen LogP contribution in [-0.2, 0) is 4.79 Å². The molecule has 0 fully saturated rings. The zero-order valence-corrected chi connectivity index (χ0v) is 9.84. The van der Waals surface area contributed by atoms with Crippen LogP contribution in [0.4, 0.5) is 0 Å². The molecule has 1 rings (SSSR count). The van der Waals surface area contributed by atoms with Crippen LogP contribution in [0.25, 0.3) is 0 Å². The normalized spacial score (nSPS) is 13.8. The number of hydrogen-bond donors (Lipinski definition) is 2. The summed E-state index contributed by atoms with van der Waals surface area (Å²) in [6.45, 7) is 1.16. The average Bonchev–Trinajstić information content (AvgIpc) is 2.29. The van der Waals surface area contributed by atoms with Crippen LogP contribution in [0.1, 0.15) is 13.3 Å². The van der Waals surface area contributed by atoms with Gasteiger partial charge in [0.25, 0.3) is 0 Å². The number of benzene rings is 1. The Hall–Kier alpha value is -1.75. The van der Waals surface area contributed by atoms with E-state index >= 15 is 0 Å². The first kappa shape index (κ1) is 13.3.